The number of carbonyl (C=O) groups excluding carboxylic acids is 2. The molecule has 0 bridgehead atoms. The molecule has 0 saturated carbocycles. The Balaban J connectivity index is 2.97. The normalized spacial score (nSPS) is 11.9. The van der Waals surface area contributed by atoms with Gasteiger partial charge in [0, 0.05) is 26.2 Å². The minimum atomic E-state index is -0.585. The van der Waals surface area contributed by atoms with Gasteiger partial charge < -0.3 is 25.4 Å². The number of ether oxygens (including phenoxy) is 2. The van der Waals surface area contributed by atoms with Crippen molar-refractivity contribution in [3.05, 3.63) is 35.5 Å². The fourth-order valence-corrected chi connectivity index (χ4v) is 2.23. The second kappa shape index (κ2) is 10.1. The highest BCUT2D eigenvalue weighted by Crippen LogP contribution is 2.29. The maximum Gasteiger partial charge on any atom is 0.263 e. The lowest BCUT2D eigenvalue weighted by atomic mass is 10.1. The molecule has 0 aromatic heterocycles. The molecule has 2 amide bonds. The van der Waals surface area contributed by atoms with Crippen molar-refractivity contribution in [2.45, 2.75) is 19.9 Å². The van der Waals surface area contributed by atoms with Gasteiger partial charge in [0.25, 0.3) is 5.91 Å². The molecule has 1 rings (SSSR count). The van der Waals surface area contributed by atoms with Gasteiger partial charge in [0.05, 0.1) is 20.3 Å². The molecular weight excluding hydrogens is 336 g/mol. The average molecular weight is 360 g/mol. The Hall–Kier alpha value is -3.05. The SMILES string of the molecule is COc1ccc(C(C)NC(=O)/C(C#N)=C\N(CCN)C(C)=O)cc1OC. The Morgan fingerprint density at radius 3 is 2.50 bits per heavy atom. The van der Waals surface area contributed by atoms with E-state index in [1.165, 1.54) is 32.2 Å². The number of benzene rings is 1. The second-order valence-corrected chi connectivity index (χ2v) is 5.47. The number of nitrogens with zero attached hydrogens (tertiary/aromatic N) is 2. The number of nitrogens with two attached hydrogens (primary N) is 1. The van der Waals surface area contributed by atoms with E-state index in [0.29, 0.717) is 11.5 Å². The topological polar surface area (TPSA) is 118 Å². The zero-order valence-corrected chi connectivity index (χ0v) is 15.4. The lowest BCUT2D eigenvalue weighted by molar-refractivity contribution is -0.126. The number of carbonyl (C=O) groups is 2. The summed E-state index contributed by atoms with van der Waals surface area (Å²) in [6, 6.07) is 6.69. The molecule has 140 valence electrons. The van der Waals surface area contributed by atoms with E-state index in [9.17, 15) is 14.9 Å². The summed E-state index contributed by atoms with van der Waals surface area (Å²) in [5.41, 5.74) is 6.04. The summed E-state index contributed by atoms with van der Waals surface area (Å²) in [7, 11) is 3.06. The maximum atomic E-state index is 12.4. The summed E-state index contributed by atoms with van der Waals surface area (Å²) in [5, 5.41) is 12.0. The van der Waals surface area contributed by atoms with Gasteiger partial charge in [-0.15, -0.1) is 0 Å². The van der Waals surface area contributed by atoms with Crippen molar-refractivity contribution >= 4 is 11.8 Å². The van der Waals surface area contributed by atoms with Gasteiger partial charge in [-0.25, -0.2) is 0 Å². The largest absolute Gasteiger partial charge is 0.493 e. The van der Waals surface area contributed by atoms with Crippen LogP contribution < -0.4 is 20.5 Å². The lowest BCUT2D eigenvalue weighted by Gasteiger charge is -2.18. The van der Waals surface area contributed by atoms with E-state index in [4.69, 9.17) is 15.2 Å². The summed E-state index contributed by atoms with van der Waals surface area (Å²) < 4.78 is 10.4. The minimum absolute atomic E-state index is 0.180. The van der Waals surface area contributed by atoms with Crippen LogP contribution in [0.15, 0.2) is 30.0 Å². The quantitative estimate of drug-likeness (QED) is 0.529. The first-order valence-corrected chi connectivity index (χ1v) is 7.99. The van der Waals surface area contributed by atoms with E-state index in [-0.39, 0.29) is 30.6 Å². The van der Waals surface area contributed by atoms with Crippen molar-refractivity contribution < 1.29 is 19.1 Å². The van der Waals surface area contributed by atoms with Gasteiger partial charge in [-0.05, 0) is 24.6 Å². The van der Waals surface area contributed by atoms with Gasteiger partial charge in [0.2, 0.25) is 5.91 Å². The molecule has 1 aromatic carbocycles. The molecular formula is C18H24N4O4. The highest BCUT2D eigenvalue weighted by Gasteiger charge is 2.17. The fourth-order valence-electron chi connectivity index (χ4n) is 2.23. The molecule has 1 unspecified atom stereocenters. The monoisotopic (exact) mass is 360 g/mol. The predicted octanol–water partition coefficient (Wildman–Crippen LogP) is 1.10. The average Bonchev–Trinajstić information content (AvgIpc) is 2.63. The van der Waals surface area contributed by atoms with E-state index >= 15 is 0 Å². The standard InChI is InChI=1S/C18H24N4O4/c1-12(14-5-6-16(25-3)17(9-14)26-4)21-18(24)15(10-20)11-22(8-7-19)13(2)23/h5-6,9,11-12H,7-8,19H2,1-4H3,(H,21,24)/b15-11-. The van der Waals surface area contributed by atoms with Crippen LogP contribution in [0, 0.1) is 11.3 Å². The zero-order valence-electron chi connectivity index (χ0n) is 15.4. The smallest absolute Gasteiger partial charge is 0.263 e. The van der Waals surface area contributed by atoms with Crippen LogP contribution in [-0.4, -0.2) is 44.0 Å². The fraction of sp³-hybridized carbons (Fsp3) is 0.389. The van der Waals surface area contributed by atoms with Crippen molar-refractivity contribution in [1.29, 1.82) is 5.26 Å². The van der Waals surface area contributed by atoms with Crippen LogP contribution in [0.2, 0.25) is 0 Å². The first kappa shape index (κ1) is 21.0. The Morgan fingerprint density at radius 1 is 1.35 bits per heavy atom. The summed E-state index contributed by atoms with van der Waals surface area (Å²) in [6.07, 6.45) is 1.21. The molecule has 3 N–H and O–H groups in total. The van der Waals surface area contributed by atoms with E-state index in [1.54, 1.807) is 25.1 Å². The van der Waals surface area contributed by atoms with Crippen LogP contribution in [0.4, 0.5) is 0 Å². The molecule has 0 radical (unpaired) electrons. The van der Waals surface area contributed by atoms with Crippen LogP contribution in [0.1, 0.15) is 25.5 Å². The van der Waals surface area contributed by atoms with Gasteiger partial charge in [0.15, 0.2) is 11.5 Å². The Bertz CT molecular complexity index is 724. The van der Waals surface area contributed by atoms with Crippen LogP contribution in [-0.2, 0) is 9.59 Å². The molecule has 1 aromatic rings. The second-order valence-electron chi connectivity index (χ2n) is 5.47. The van der Waals surface area contributed by atoms with E-state index in [0.717, 1.165) is 5.56 Å². The molecule has 0 saturated heterocycles. The van der Waals surface area contributed by atoms with Crippen molar-refractivity contribution in [1.82, 2.24) is 10.2 Å². The third-order valence-corrected chi connectivity index (χ3v) is 3.68. The van der Waals surface area contributed by atoms with E-state index in [2.05, 4.69) is 5.32 Å². The number of hydrogen-bond acceptors (Lipinski definition) is 6. The molecule has 1 atom stereocenters. The number of rotatable bonds is 8. The zero-order chi connectivity index (χ0) is 19.7. The number of amides is 2. The van der Waals surface area contributed by atoms with Crippen LogP contribution in [0.5, 0.6) is 11.5 Å². The van der Waals surface area contributed by atoms with Gasteiger partial charge in [-0.1, -0.05) is 6.07 Å². The number of nitrogens with one attached hydrogen (secondary N) is 1. The highest BCUT2D eigenvalue weighted by molar-refractivity contribution is 5.97. The molecule has 0 aliphatic carbocycles. The van der Waals surface area contributed by atoms with Gasteiger partial charge in [-0.3, -0.25) is 9.59 Å². The van der Waals surface area contributed by atoms with Gasteiger partial charge >= 0.3 is 0 Å². The Kier molecular flexibility index (Phi) is 8.12. The van der Waals surface area contributed by atoms with Crippen molar-refractivity contribution in [2.75, 3.05) is 27.3 Å². The molecule has 0 aliphatic rings. The number of hydrogen-bond donors (Lipinski definition) is 2. The van der Waals surface area contributed by atoms with Crippen LogP contribution in [0.25, 0.3) is 0 Å². The summed E-state index contributed by atoms with van der Waals surface area (Å²) >= 11 is 0. The van der Waals surface area contributed by atoms with E-state index in [1.807, 2.05) is 6.07 Å². The van der Waals surface area contributed by atoms with Gasteiger partial charge in [-0.2, -0.15) is 5.26 Å². The van der Waals surface area contributed by atoms with Crippen LogP contribution in [0.3, 0.4) is 0 Å². The molecule has 0 aliphatic heterocycles. The highest BCUT2D eigenvalue weighted by atomic mass is 16.5. The molecule has 0 heterocycles. The van der Waals surface area contributed by atoms with Crippen molar-refractivity contribution in [2.24, 2.45) is 5.73 Å². The predicted molar refractivity (Wildman–Crippen MR) is 96.2 cm³/mol. The lowest BCUT2D eigenvalue weighted by Crippen LogP contribution is -2.32. The Labute approximate surface area is 153 Å². The van der Waals surface area contributed by atoms with Crippen molar-refractivity contribution in [3.8, 4) is 17.6 Å². The molecule has 0 fully saturated rings. The van der Waals surface area contributed by atoms with E-state index < -0.39 is 5.91 Å². The number of nitriles is 1. The maximum absolute atomic E-state index is 12.4. The van der Waals surface area contributed by atoms with Crippen molar-refractivity contribution in [3.63, 3.8) is 0 Å². The first-order chi connectivity index (χ1) is 12.4. The molecule has 26 heavy (non-hydrogen) atoms. The van der Waals surface area contributed by atoms with Crippen LogP contribution >= 0.6 is 0 Å². The summed E-state index contributed by atoms with van der Waals surface area (Å²) in [6.45, 7) is 3.56. The summed E-state index contributed by atoms with van der Waals surface area (Å²) in [4.78, 5) is 25.1. The minimum Gasteiger partial charge on any atom is -0.493 e. The first-order valence-electron chi connectivity index (χ1n) is 7.99. The summed E-state index contributed by atoms with van der Waals surface area (Å²) in [5.74, 6) is 0.223. The van der Waals surface area contributed by atoms with Gasteiger partial charge in [0.1, 0.15) is 11.6 Å². The third-order valence-electron chi connectivity index (χ3n) is 3.68. The third kappa shape index (κ3) is 5.50. The molecule has 8 nitrogen and oxygen atoms in total. The molecule has 0 spiro atoms. The Morgan fingerprint density at radius 2 is 2.00 bits per heavy atom. The molecule has 8 heteroatoms. The number of methoxy groups -OCH3 is 2.